The highest BCUT2D eigenvalue weighted by Crippen LogP contribution is 2.01. The average molecular weight is 164 g/mol. The van der Waals surface area contributed by atoms with Crippen molar-refractivity contribution in [3.05, 3.63) is 42.4 Å². The Morgan fingerprint density at radius 3 is 2.92 bits per heavy atom. The second-order valence-corrected chi connectivity index (χ2v) is 2.07. The SMILES string of the molecule is O=C(O)C=CC=Cc1ccco1. The van der Waals surface area contributed by atoms with E-state index >= 15 is 0 Å². The van der Waals surface area contributed by atoms with Crippen molar-refractivity contribution in [1.29, 1.82) is 0 Å². The minimum atomic E-state index is -0.959. The molecule has 1 heterocycles. The molecular formula is C9H8O3. The summed E-state index contributed by atoms with van der Waals surface area (Å²) in [4.78, 5) is 10.0. The molecule has 62 valence electrons. The molecule has 3 nitrogen and oxygen atoms in total. The van der Waals surface area contributed by atoms with Crippen LogP contribution in [0.1, 0.15) is 5.76 Å². The number of allylic oxidation sites excluding steroid dienone is 2. The number of hydrogen-bond acceptors (Lipinski definition) is 2. The highest BCUT2D eigenvalue weighted by molar-refractivity contribution is 5.80. The summed E-state index contributed by atoms with van der Waals surface area (Å²) in [5.41, 5.74) is 0. The van der Waals surface area contributed by atoms with Crippen LogP contribution in [0.2, 0.25) is 0 Å². The van der Waals surface area contributed by atoms with Gasteiger partial charge in [-0.15, -0.1) is 0 Å². The summed E-state index contributed by atoms with van der Waals surface area (Å²) in [6.07, 6.45) is 7.33. The number of rotatable bonds is 3. The topological polar surface area (TPSA) is 50.4 Å². The summed E-state index contributed by atoms with van der Waals surface area (Å²) in [6.45, 7) is 0. The highest BCUT2D eigenvalue weighted by Gasteiger charge is 1.85. The van der Waals surface area contributed by atoms with Crippen molar-refractivity contribution in [3.63, 3.8) is 0 Å². The van der Waals surface area contributed by atoms with Gasteiger partial charge in [0, 0.05) is 6.08 Å². The Balaban J connectivity index is 2.47. The quantitative estimate of drug-likeness (QED) is 0.548. The predicted octanol–water partition coefficient (Wildman–Crippen LogP) is 1.93. The van der Waals surface area contributed by atoms with Crippen molar-refractivity contribution in [3.8, 4) is 0 Å². The first-order chi connectivity index (χ1) is 5.79. The Hall–Kier alpha value is -1.77. The smallest absolute Gasteiger partial charge is 0.328 e. The summed E-state index contributed by atoms with van der Waals surface area (Å²) >= 11 is 0. The normalized spacial score (nSPS) is 11.3. The van der Waals surface area contributed by atoms with Crippen molar-refractivity contribution in [2.75, 3.05) is 0 Å². The lowest BCUT2D eigenvalue weighted by molar-refractivity contribution is -0.131. The molecule has 0 fully saturated rings. The van der Waals surface area contributed by atoms with E-state index in [2.05, 4.69) is 0 Å². The van der Waals surface area contributed by atoms with Gasteiger partial charge in [-0.05, 0) is 18.2 Å². The van der Waals surface area contributed by atoms with Gasteiger partial charge in [0.2, 0.25) is 0 Å². The van der Waals surface area contributed by atoms with Crippen LogP contribution in [0.4, 0.5) is 0 Å². The van der Waals surface area contributed by atoms with E-state index in [4.69, 9.17) is 9.52 Å². The van der Waals surface area contributed by atoms with Gasteiger partial charge in [-0.3, -0.25) is 0 Å². The maximum atomic E-state index is 10.0. The zero-order chi connectivity index (χ0) is 8.81. The molecule has 12 heavy (non-hydrogen) atoms. The van der Waals surface area contributed by atoms with Crippen LogP contribution >= 0.6 is 0 Å². The van der Waals surface area contributed by atoms with Crippen molar-refractivity contribution in [2.24, 2.45) is 0 Å². The van der Waals surface area contributed by atoms with Crippen LogP contribution in [-0.2, 0) is 4.79 Å². The highest BCUT2D eigenvalue weighted by atomic mass is 16.4. The van der Waals surface area contributed by atoms with Crippen LogP contribution < -0.4 is 0 Å². The van der Waals surface area contributed by atoms with Crippen molar-refractivity contribution in [1.82, 2.24) is 0 Å². The summed E-state index contributed by atoms with van der Waals surface area (Å²) in [7, 11) is 0. The van der Waals surface area contributed by atoms with E-state index in [0.29, 0.717) is 5.76 Å². The Morgan fingerprint density at radius 2 is 2.33 bits per heavy atom. The van der Waals surface area contributed by atoms with Crippen LogP contribution in [0.5, 0.6) is 0 Å². The molecule has 1 rings (SSSR count). The molecule has 0 unspecified atom stereocenters. The van der Waals surface area contributed by atoms with E-state index in [1.807, 2.05) is 0 Å². The first-order valence-corrected chi connectivity index (χ1v) is 3.40. The van der Waals surface area contributed by atoms with Gasteiger partial charge in [0.25, 0.3) is 0 Å². The number of aliphatic carboxylic acids is 1. The third kappa shape index (κ3) is 2.88. The predicted molar refractivity (Wildman–Crippen MR) is 44.5 cm³/mol. The Morgan fingerprint density at radius 1 is 1.50 bits per heavy atom. The van der Waals surface area contributed by atoms with E-state index in [1.165, 1.54) is 6.08 Å². The first kappa shape index (κ1) is 8.33. The van der Waals surface area contributed by atoms with Gasteiger partial charge in [-0.25, -0.2) is 4.79 Å². The number of carboxylic acids is 1. The van der Waals surface area contributed by atoms with Gasteiger partial charge in [0.05, 0.1) is 6.26 Å². The van der Waals surface area contributed by atoms with Gasteiger partial charge in [-0.2, -0.15) is 0 Å². The van der Waals surface area contributed by atoms with E-state index < -0.39 is 5.97 Å². The molecule has 0 atom stereocenters. The second kappa shape index (κ2) is 4.18. The van der Waals surface area contributed by atoms with Gasteiger partial charge < -0.3 is 9.52 Å². The molecule has 3 heteroatoms. The first-order valence-electron chi connectivity index (χ1n) is 3.40. The van der Waals surface area contributed by atoms with E-state index in [-0.39, 0.29) is 0 Å². The average Bonchev–Trinajstić information content (AvgIpc) is 2.49. The zero-order valence-corrected chi connectivity index (χ0v) is 6.31. The fourth-order valence-corrected chi connectivity index (χ4v) is 0.674. The number of hydrogen-bond donors (Lipinski definition) is 1. The van der Waals surface area contributed by atoms with Crippen LogP contribution in [0.3, 0.4) is 0 Å². The van der Waals surface area contributed by atoms with Crippen LogP contribution in [0.15, 0.2) is 41.0 Å². The molecule has 0 bridgehead atoms. The van der Waals surface area contributed by atoms with Crippen molar-refractivity contribution in [2.45, 2.75) is 0 Å². The maximum absolute atomic E-state index is 10.0. The Labute approximate surface area is 69.6 Å². The third-order valence-corrected chi connectivity index (χ3v) is 1.15. The molecule has 0 spiro atoms. The molecule has 0 aliphatic heterocycles. The Bertz CT molecular complexity index is 294. The second-order valence-electron chi connectivity index (χ2n) is 2.07. The van der Waals surface area contributed by atoms with Gasteiger partial charge >= 0.3 is 5.97 Å². The molecule has 1 aromatic rings. The fraction of sp³-hybridized carbons (Fsp3) is 0. The lowest BCUT2D eigenvalue weighted by Gasteiger charge is -1.79. The number of furan rings is 1. The molecule has 0 aliphatic rings. The summed E-state index contributed by atoms with van der Waals surface area (Å²) in [5, 5.41) is 8.23. The number of carbonyl (C=O) groups is 1. The lowest BCUT2D eigenvalue weighted by Crippen LogP contribution is -1.84. The molecule has 0 amide bonds. The van der Waals surface area contributed by atoms with Gasteiger partial charge in [0.15, 0.2) is 0 Å². The van der Waals surface area contributed by atoms with Crippen LogP contribution in [0.25, 0.3) is 6.08 Å². The van der Waals surface area contributed by atoms with Crippen LogP contribution in [0, 0.1) is 0 Å². The summed E-state index contributed by atoms with van der Waals surface area (Å²) in [5.74, 6) is -0.260. The summed E-state index contributed by atoms with van der Waals surface area (Å²) in [6, 6.07) is 3.55. The molecule has 0 aliphatic carbocycles. The zero-order valence-electron chi connectivity index (χ0n) is 6.31. The van der Waals surface area contributed by atoms with E-state index in [0.717, 1.165) is 6.08 Å². The number of carboxylic acid groups (broad SMARTS) is 1. The molecule has 1 N–H and O–H groups in total. The molecule has 0 radical (unpaired) electrons. The minimum Gasteiger partial charge on any atom is -0.478 e. The standard InChI is InChI=1S/C9H8O3/c10-9(11)6-2-1-4-8-5-3-7-12-8/h1-7H,(H,10,11). The minimum absolute atomic E-state index is 0.699. The monoisotopic (exact) mass is 164 g/mol. The van der Waals surface area contributed by atoms with Crippen LogP contribution in [-0.4, -0.2) is 11.1 Å². The molecular weight excluding hydrogens is 156 g/mol. The molecule has 1 aromatic heterocycles. The maximum Gasteiger partial charge on any atom is 0.328 e. The van der Waals surface area contributed by atoms with Crippen molar-refractivity contribution < 1.29 is 14.3 Å². The van der Waals surface area contributed by atoms with Crippen molar-refractivity contribution >= 4 is 12.0 Å². The van der Waals surface area contributed by atoms with E-state index in [9.17, 15) is 4.79 Å². The fourth-order valence-electron chi connectivity index (χ4n) is 0.674. The molecule has 0 aromatic carbocycles. The molecule has 0 saturated carbocycles. The molecule has 0 saturated heterocycles. The summed E-state index contributed by atoms with van der Waals surface area (Å²) < 4.78 is 4.97. The van der Waals surface area contributed by atoms with Gasteiger partial charge in [0.1, 0.15) is 5.76 Å². The van der Waals surface area contributed by atoms with E-state index in [1.54, 1.807) is 30.5 Å². The largest absolute Gasteiger partial charge is 0.478 e. The third-order valence-electron chi connectivity index (χ3n) is 1.15. The van der Waals surface area contributed by atoms with Gasteiger partial charge in [-0.1, -0.05) is 12.2 Å². The lowest BCUT2D eigenvalue weighted by atomic mass is 10.4. The Kier molecular flexibility index (Phi) is 2.90.